The molecule has 15 heavy (non-hydrogen) atoms. The van der Waals surface area contributed by atoms with E-state index in [0.29, 0.717) is 21.3 Å². The van der Waals surface area contributed by atoms with Crippen molar-refractivity contribution in [3.63, 3.8) is 0 Å². The molecule has 1 heterocycles. The van der Waals surface area contributed by atoms with Gasteiger partial charge in [0, 0.05) is 5.56 Å². The van der Waals surface area contributed by atoms with Crippen LogP contribution >= 0.6 is 23.2 Å². The molecule has 0 aliphatic carbocycles. The molecule has 0 bridgehead atoms. The SMILES string of the molecule is Nc1nncc(-c2cccc(Cl)c2Cl)n1. The number of nitrogens with zero attached hydrogens (tertiary/aromatic N) is 3. The molecule has 0 unspecified atom stereocenters. The lowest BCUT2D eigenvalue weighted by molar-refractivity contribution is 0.990. The first kappa shape index (κ1) is 10.1. The zero-order valence-corrected chi connectivity index (χ0v) is 9.00. The molecule has 0 aliphatic rings. The van der Waals surface area contributed by atoms with E-state index in [1.165, 1.54) is 6.20 Å². The van der Waals surface area contributed by atoms with Crippen LogP contribution in [0.5, 0.6) is 0 Å². The molecular weight excluding hydrogens is 235 g/mol. The van der Waals surface area contributed by atoms with Crippen molar-refractivity contribution in [3.8, 4) is 11.3 Å². The maximum Gasteiger partial charge on any atom is 0.240 e. The Hall–Kier alpha value is -1.39. The molecule has 2 rings (SSSR count). The number of nitrogens with two attached hydrogens (primary N) is 1. The van der Waals surface area contributed by atoms with Crippen LogP contribution in [0.3, 0.4) is 0 Å². The minimum Gasteiger partial charge on any atom is -0.366 e. The highest BCUT2D eigenvalue weighted by molar-refractivity contribution is 6.43. The second-order valence-electron chi connectivity index (χ2n) is 2.80. The summed E-state index contributed by atoms with van der Waals surface area (Å²) in [5, 5.41) is 8.14. The second kappa shape index (κ2) is 4.00. The van der Waals surface area contributed by atoms with E-state index in [1.807, 2.05) is 0 Å². The van der Waals surface area contributed by atoms with Gasteiger partial charge < -0.3 is 5.73 Å². The number of nitrogen functional groups attached to an aromatic ring is 1. The first-order chi connectivity index (χ1) is 7.18. The normalized spacial score (nSPS) is 10.3. The van der Waals surface area contributed by atoms with Gasteiger partial charge in [0.2, 0.25) is 5.95 Å². The maximum absolute atomic E-state index is 6.02. The van der Waals surface area contributed by atoms with Gasteiger partial charge in [-0.15, -0.1) is 5.10 Å². The Labute approximate surface area is 96.1 Å². The van der Waals surface area contributed by atoms with Crippen molar-refractivity contribution in [2.24, 2.45) is 0 Å². The highest BCUT2D eigenvalue weighted by atomic mass is 35.5. The van der Waals surface area contributed by atoms with E-state index < -0.39 is 0 Å². The van der Waals surface area contributed by atoms with Gasteiger partial charge in [0.1, 0.15) is 0 Å². The van der Waals surface area contributed by atoms with E-state index in [9.17, 15) is 0 Å². The van der Waals surface area contributed by atoms with Crippen molar-refractivity contribution in [1.82, 2.24) is 15.2 Å². The van der Waals surface area contributed by atoms with Gasteiger partial charge in [-0.2, -0.15) is 5.10 Å². The lowest BCUT2D eigenvalue weighted by Gasteiger charge is -2.04. The second-order valence-corrected chi connectivity index (χ2v) is 3.59. The average molecular weight is 241 g/mol. The monoisotopic (exact) mass is 240 g/mol. The summed E-state index contributed by atoms with van der Waals surface area (Å²) < 4.78 is 0. The largest absolute Gasteiger partial charge is 0.366 e. The maximum atomic E-state index is 6.02. The van der Waals surface area contributed by atoms with E-state index in [-0.39, 0.29) is 5.95 Å². The van der Waals surface area contributed by atoms with Crippen molar-refractivity contribution in [3.05, 3.63) is 34.4 Å². The van der Waals surface area contributed by atoms with Gasteiger partial charge in [0.15, 0.2) is 0 Å². The first-order valence-electron chi connectivity index (χ1n) is 4.08. The smallest absolute Gasteiger partial charge is 0.240 e. The zero-order chi connectivity index (χ0) is 10.8. The molecule has 2 aromatic rings. The Kier molecular flexibility index (Phi) is 2.70. The Balaban J connectivity index is 2.59. The van der Waals surface area contributed by atoms with Crippen LogP contribution in [-0.4, -0.2) is 15.2 Å². The van der Waals surface area contributed by atoms with Gasteiger partial charge in [-0.05, 0) is 6.07 Å². The average Bonchev–Trinajstić information content (AvgIpc) is 2.22. The standard InChI is InChI=1S/C9H6Cl2N4/c10-6-3-1-2-5(8(6)11)7-4-13-15-9(12)14-7/h1-4H,(H2,12,14,15). The molecule has 4 nitrogen and oxygen atoms in total. The topological polar surface area (TPSA) is 64.7 Å². The Morgan fingerprint density at radius 1 is 1.20 bits per heavy atom. The van der Waals surface area contributed by atoms with Gasteiger partial charge >= 0.3 is 0 Å². The van der Waals surface area contributed by atoms with E-state index in [0.717, 1.165) is 0 Å². The van der Waals surface area contributed by atoms with Crippen LogP contribution in [0, 0.1) is 0 Å². The summed E-state index contributed by atoms with van der Waals surface area (Å²) in [6, 6.07) is 5.27. The number of halogens is 2. The highest BCUT2D eigenvalue weighted by Gasteiger charge is 2.08. The summed E-state index contributed by atoms with van der Waals surface area (Å²) in [5.74, 6) is 0.101. The Morgan fingerprint density at radius 2 is 2.00 bits per heavy atom. The van der Waals surface area contributed by atoms with Crippen LogP contribution < -0.4 is 5.73 Å². The van der Waals surface area contributed by atoms with Gasteiger partial charge in [-0.1, -0.05) is 35.3 Å². The van der Waals surface area contributed by atoms with Gasteiger partial charge in [-0.25, -0.2) is 4.98 Å². The molecule has 0 fully saturated rings. The fourth-order valence-electron chi connectivity index (χ4n) is 1.15. The minimum atomic E-state index is 0.101. The number of hydrogen-bond acceptors (Lipinski definition) is 4. The molecule has 1 aromatic carbocycles. The summed E-state index contributed by atoms with van der Waals surface area (Å²) >= 11 is 11.9. The van der Waals surface area contributed by atoms with E-state index in [1.54, 1.807) is 18.2 Å². The molecular formula is C9H6Cl2N4. The van der Waals surface area contributed by atoms with Crippen molar-refractivity contribution in [2.45, 2.75) is 0 Å². The molecule has 2 N–H and O–H groups in total. The first-order valence-corrected chi connectivity index (χ1v) is 4.83. The summed E-state index contributed by atoms with van der Waals surface area (Å²) in [6.07, 6.45) is 1.48. The molecule has 0 saturated heterocycles. The summed E-state index contributed by atoms with van der Waals surface area (Å²) in [6.45, 7) is 0. The Morgan fingerprint density at radius 3 is 2.73 bits per heavy atom. The van der Waals surface area contributed by atoms with E-state index >= 15 is 0 Å². The third kappa shape index (κ3) is 2.00. The van der Waals surface area contributed by atoms with Crippen LogP contribution in [0.1, 0.15) is 0 Å². The lowest BCUT2D eigenvalue weighted by atomic mass is 10.2. The van der Waals surface area contributed by atoms with Crippen molar-refractivity contribution >= 4 is 29.2 Å². The summed E-state index contributed by atoms with van der Waals surface area (Å²) in [7, 11) is 0. The number of rotatable bonds is 1. The molecule has 1 aromatic heterocycles. The van der Waals surface area contributed by atoms with Gasteiger partial charge in [-0.3, -0.25) is 0 Å². The number of benzene rings is 1. The third-order valence-electron chi connectivity index (χ3n) is 1.80. The van der Waals surface area contributed by atoms with Crippen molar-refractivity contribution < 1.29 is 0 Å². The predicted molar refractivity (Wildman–Crippen MR) is 59.7 cm³/mol. The molecule has 0 radical (unpaired) electrons. The number of hydrogen-bond donors (Lipinski definition) is 1. The fraction of sp³-hybridized carbons (Fsp3) is 0. The van der Waals surface area contributed by atoms with E-state index in [4.69, 9.17) is 28.9 Å². The van der Waals surface area contributed by atoms with Gasteiger partial charge in [0.25, 0.3) is 0 Å². The molecule has 0 atom stereocenters. The quantitative estimate of drug-likeness (QED) is 0.832. The van der Waals surface area contributed by atoms with Crippen molar-refractivity contribution in [1.29, 1.82) is 0 Å². The molecule has 0 spiro atoms. The predicted octanol–water partition coefficient (Wildman–Crippen LogP) is 2.43. The van der Waals surface area contributed by atoms with Crippen LogP contribution in [0.25, 0.3) is 11.3 Å². The van der Waals surface area contributed by atoms with Gasteiger partial charge in [0.05, 0.1) is 21.9 Å². The molecule has 76 valence electrons. The highest BCUT2D eigenvalue weighted by Crippen LogP contribution is 2.31. The van der Waals surface area contributed by atoms with Crippen molar-refractivity contribution in [2.75, 3.05) is 5.73 Å². The zero-order valence-electron chi connectivity index (χ0n) is 7.48. The molecule has 0 aliphatic heterocycles. The third-order valence-corrected chi connectivity index (χ3v) is 2.62. The Bertz CT molecular complexity index is 501. The number of aromatic nitrogens is 3. The fourth-order valence-corrected chi connectivity index (χ4v) is 1.55. The molecule has 0 amide bonds. The molecule has 0 saturated carbocycles. The van der Waals surface area contributed by atoms with E-state index in [2.05, 4.69) is 15.2 Å². The van der Waals surface area contributed by atoms with Crippen LogP contribution in [0.2, 0.25) is 10.0 Å². The summed E-state index contributed by atoms with van der Waals surface area (Å²) in [4.78, 5) is 4.01. The lowest BCUT2D eigenvalue weighted by Crippen LogP contribution is -1.98. The van der Waals surface area contributed by atoms with Crippen LogP contribution in [-0.2, 0) is 0 Å². The van der Waals surface area contributed by atoms with Crippen LogP contribution in [0.15, 0.2) is 24.4 Å². The molecule has 6 heteroatoms. The van der Waals surface area contributed by atoms with Crippen LogP contribution in [0.4, 0.5) is 5.95 Å². The minimum absolute atomic E-state index is 0.101. The summed E-state index contributed by atoms with van der Waals surface area (Å²) in [5.41, 5.74) is 6.66. The number of anilines is 1.